The monoisotopic (exact) mass is 243 g/mol. The molecule has 0 spiro atoms. The van der Waals surface area contributed by atoms with Crippen molar-refractivity contribution in [1.82, 2.24) is 19.3 Å². The average Bonchev–Trinajstić information content (AvgIpc) is 2.89. The van der Waals surface area contributed by atoms with Crippen LogP contribution in [-0.4, -0.2) is 19.3 Å². The van der Waals surface area contributed by atoms with E-state index >= 15 is 0 Å². The van der Waals surface area contributed by atoms with Gasteiger partial charge in [-0.1, -0.05) is 12.1 Å². The van der Waals surface area contributed by atoms with Gasteiger partial charge >= 0.3 is 5.69 Å². The maximum atomic E-state index is 12.0. The molecule has 3 N–H and O–H groups in total. The number of imidazole rings is 1. The van der Waals surface area contributed by atoms with Crippen LogP contribution in [0.15, 0.2) is 29.1 Å². The molecule has 0 unspecified atom stereocenters. The molecule has 2 aromatic heterocycles. The first-order valence-electron chi connectivity index (χ1n) is 5.55. The van der Waals surface area contributed by atoms with Gasteiger partial charge in [-0.3, -0.25) is 14.2 Å². The molecule has 0 bridgehead atoms. The fourth-order valence-corrected chi connectivity index (χ4v) is 2.27. The number of nitrogen functional groups attached to an aromatic ring is 1. The maximum absolute atomic E-state index is 12.0. The lowest BCUT2D eigenvalue weighted by Crippen LogP contribution is -2.19. The Morgan fingerprint density at radius 1 is 1.28 bits per heavy atom. The molecule has 0 aliphatic heterocycles. The van der Waals surface area contributed by atoms with E-state index in [1.807, 2.05) is 18.2 Å². The number of nitrogens with two attached hydrogens (primary N) is 1. The zero-order chi connectivity index (χ0) is 12.9. The summed E-state index contributed by atoms with van der Waals surface area (Å²) in [4.78, 5) is 12.0. The molecule has 6 heteroatoms. The molecular weight excluding hydrogens is 230 g/mol. The number of fused-ring (bicyclic) bond motifs is 1. The highest BCUT2D eigenvalue weighted by Gasteiger charge is 2.13. The molecule has 3 rings (SSSR count). The molecule has 6 nitrogen and oxygen atoms in total. The highest BCUT2D eigenvalue weighted by atomic mass is 16.1. The third-order valence-corrected chi connectivity index (χ3v) is 3.17. The van der Waals surface area contributed by atoms with Gasteiger partial charge in [-0.05, 0) is 6.07 Å². The van der Waals surface area contributed by atoms with Crippen LogP contribution in [0.25, 0.3) is 22.3 Å². The molecular formula is C12H13N5O. The van der Waals surface area contributed by atoms with E-state index in [1.165, 1.54) is 0 Å². The maximum Gasteiger partial charge on any atom is 0.328 e. The zero-order valence-corrected chi connectivity index (χ0v) is 10.1. The van der Waals surface area contributed by atoms with Gasteiger partial charge in [0.15, 0.2) is 0 Å². The first kappa shape index (κ1) is 10.6. The normalized spacial score (nSPS) is 11.2. The number of nitrogens with one attached hydrogen (secondary N) is 1. The van der Waals surface area contributed by atoms with Crippen LogP contribution in [0.3, 0.4) is 0 Å². The van der Waals surface area contributed by atoms with E-state index in [0.717, 1.165) is 22.3 Å². The number of para-hydroxylation sites is 1. The second kappa shape index (κ2) is 3.49. The number of aryl methyl sites for hydroxylation is 2. The van der Waals surface area contributed by atoms with E-state index in [-0.39, 0.29) is 5.69 Å². The Bertz CT molecular complexity index is 793. The predicted molar refractivity (Wildman–Crippen MR) is 70.2 cm³/mol. The summed E-state index contributed by atoms with van der Waals surface area (Å²) in [7, 11) is 3.52. The lowest BCUT2D eigenvalue weighted by molar-refractivity contribution is 0.795. The fraction of sp³-hybridized carbons (Fsp3) is 0.167. The summed E-state index contributed by atoms with van der Waals surface area (Å²) in [5.74, 6) is 0.433. The van der Waals surface area contributed by atoms with Crippen LogP contribution in [0, 0.1) is 0 Å². The summed E-state index contributed by atoms with van der Waals surface area (Å²) in [6.07, 6.45) is 0. The molecule has 18 heavy (non-hydrogen) atoms. The first-order chi connectivity index (χ1) is 8.59. The summed E-state index contributed by atoms with van der Waals surface area (Å²) >= 11 is 0. The largest absolute Gasteiger partial charge is 0.382 e. The number of rotatable bonds is 1. The molecule has 1 aromatic carbocycles. The summed E-state index contributed by atoms with van der Waals surface area (Å²) in [5.41, 5.74) is 9.04. The van der Waals surface area contributed by atoms with Crippen LogP contribution in [0.1, 0.15) is 0 Å². The van der Waals surface area contributed by atoms with E-state index in [2.05, 4.69) is 10.2 Å². The Balaban J connectivity index is 2.44. The molecule has 0 aliphatic rings. The minimum atomic E-state index is -0.0510. The molecule has 0 saturated heterocycles. The zero-order valence-electron chi connectivity index (χ0n) is 10.1. The van der Waals surface area contributed by atoms with Crippen molar-refractivity contribution < 1.29 is 0 Å². The minimum Gasteiger partial charge on any atom is -0.382 e. The molecule has 0 aliphatic carbocycles. The summed E-state index contributed by atoms with van der Waals surface area (Å²) in [6, 6.07) is 7.52. The Labute approximate surface area is 103 Å². The highest BCUT2D eigenvalue weighted by molar-refractivity contribution is 5.91. The summed E-state index contributed by atoms with van der Waals surface area (Å²) in [6.45, 7) is 0. The Hall–Kier alpha value is -2.50. The predicted octanol–water partition coefficient (Wildman–Crippen LogP) is 0.849. The van der Waals surface area contributed by atoms with Crippen molar-refractivity contribution in [1.29, 1.82) is 0 Å². The van der Waals surface area contributed by atoms with Crippen LogP contribution in [0.2, 0.25) is 0 Å². The average molecular weight is 243 g/mol. The van der Waals surface area contributed by atoms with Crippen LogP contribution < -0.4 is 11.4 Å². The standard InChI is InChI=1S/C12H13N5O/c1-16-9-5-3-4-7(8-6-10(13)15-14-8)11(9)17(2)12(16)18/h3-6H,1-2H3,(H3,13,14,15). The SMILES string of the molecule is Cn1c(=O)n(C)c2c(-c3cc(N)n[nH]3)cccc21. The van der Waals surface area contributed by atoms with Gasteiger partial charge in [0.05, 0.1) is 16.7 Å². The Morgan fingerprint density at radius 2 is 2.06 bits per heavy atom. The van der Waals surface area contributed by atoms with Gasteiger partial charge in [0.2, 0.25) is 0 Å². The number of hydrogen-bond donors (Lipinski definition) is 2. The highest BCUT2D eigenvalue weighted by Crippen LogP contribution is 2.26. The molecule has 0 amide bonds. The van der Waals surface area contributed by atoms with E-state index in [1.54, 1.807) is 29.3 Å². The molecule has 3 aromatic rings. The lowest BCUT2D eigenvalue weighted by Gasteiger charge is -2.02. The van der Waals surface area contributed by atoms with Crippen molar-refractivity contribution in [2.45, 2.75) is 0 Å². The van der Waals surface area contributed by atoms with E-state index in [0.29, 0.717) is 5.82 Å². The first-order valence-corrected chi connectivity index (χ1v) is 5.55. The molecule has 0 saturated carbocycles. The van der Waals surface area contributed by atoms with Crippen LogP contribution in [0.4, 0.5) is 5.82 Å². The van der Waals surface area contributed by atoms with Crippen LogP contribution in [0.5, 0.6) is 0 Å². The second-order valence-electron chi connectivity index (χ2n) is 4.28. The van der Waals surface area contributed by atoms with Crippen LogP contribution in [-0.2, 0) is 14.1 Å². The number of H-pyrrole nitrogens is 1. The Kier molecular flexibility index (Phi) is 2.07. The Morgan fingerprint density at radius 3 is 2.72 bits per heavy atom. The molecule has 0 atom stereocenters. The van der Waals surface area contributed by atoms with Gasteiger partial charge in [-0.25, -0.2) is 4.79 Å². The van der Waals surface area contributed by atoms with Crippen molar-refractivity contribution in [2.24, 2.45) is 14.1 Å². The van der Waals surface area contributed by atoms with Crippen molar-refractivity contribution in [3.63, 3.8) is 0 Å². The number of benzene rings is 1. The summed E-state index contributed by atoms with van der Waals surface area (Å²) in [5, 5.41) is 6.79. The van der Waals surface area contributed by atoms with Gasteiger partial charge < -0.3 is 5.73 Å². The number of anilines is 1. The molecule has 0 radical (unpaired) electrons. The molecule has 0 fully saturated rings. The fourth-order valence-electron chi connectivity index (χ4n) is 2.27. The van der Waals surface area contributed by atoms with Crippen LogP contribution >= 0.6 is 0 Å². The second-order valence-corrected chi connectivity index (χ2v) is 4.28. The summed E-state index contributed by atoms with van der Waals surface area (Å²) < 4.78 is 3.25. The van der Waals surface area contributed by atoms with E-state index in [4.69, 9.17) is 5.73 Å². The third kappa shape index (κ3) is 1.29. The van der Waals surface area contributed by atoms with Gasteiger partial charge in [0, 0.05) is 25.7 Å². The van der Waals surface area contributed by atoms with Gasteiger partial charge in [-0.15, -0.1) is 0 Å². The topological polar surface area (TPSA) is 81.6 Å². The minimum absolute atomic E-state index is 0.0510. The van der Waals surface area contributed by atoms with Crippen molar-refractivity contribution >= 4 is 16.9 Å². The number of nitrogens with zero attached hydrogens (tertiary/aromatic N) is 3. The molecule has 2 heterocycles. The van der Waals surface area contributed by atoms with Crippen molar-refractivity contribution in [2.75, 3.05) is 5.73 Å². The number of hydrogen-bond acceptors (Lipinski definition) is 3. The van der Waals surface area contributed by atoms with Crippen molar-refractivity contribution in [3.05, 3.63) is 34.7 Å². The lowest BCUT2D eigenvalue weighted by atomic mass is 10.1. The van der Waals surface area contributed by atoms with Gasteiger partial charge in [0.25, 0.3) is 0 Å². The number of aromatic amines is 1. The quantitative estimate of drug-likeness (QED) is 0.664. The van der Waals surface area contributed by atoms with E-state index in [9.17, 15) is 4.79 Å². The van der Waals surface area contributed by atoms with Crippen molar-refractivity contribution in [3.8, 4) is 11.3 Å². The smallest absolute Gasteiger partial charge is 0.328 e. The molecule has 92 valence electrons. The van der Waals surface area contributed by atoms with Gasteiger partial charge in [-0.2, -0.15) is 5.10 Å². The number of aromatic nitrogens is 4. The van der Waals surface area contributed by atoms with Gasteiger partial charge in [0.1, 0.15) is 5.82 Å². The third-order valence-electron chi connectivity index (χ3n) is 3.17. The van der Waals surface area contributed by atoms with E-state index < -0.39 is 0 Å².